The highest BCUT2D eigenvalue weighted by Crippen LogP contribution is 2.28. The Bertz CT molecular complexity index is 946. The van der Waals surface area contributed by atoms with Crippen LogP contribution in [0.1, 0.15) is 6.92 Å². The summed E-state index contributed by atoms with van der Waals surface area (Å²) in [6, 6.07) is 7.49. The minimum Gasteiger partial charge on any atom is -0.302 e. The third-order valence-electron chi connectivity index (χ3n) is 3.21. The number of rotatable bonds is 4. The minimum atomic E-state index is 0.601. The fourth-order valence-electron chi connectivity index (χ4n) is 2.15. The van der Waals surface area contributed by atoms with Crippen molar-refractivity contribution in [1.82, 2.24) is 45.0 Å². The van der Waals surface area contributed by atoms with Crippen molar-refractivity contribution in [3.05, 3.63) is 36.7 Å². The summed E-state index contributed by atoms with van der Waals surface area (Å²) in [5.74, 6) is 0.806. The van der Waals surface area contributed by atoms with Crippen LogP contribution in [0.3, 0.4) is 0 Å². The molecule has 0 amide bonds. The Morgan fingerprint density at radius 3 is 2.74 bits per heavy atom. The fourth-order valence-corrected chi connectivity index (χ4v) is 2.99. The lowest BCUT2D eigenvalue weighted by Gasteiger charge is -2.06. The SMILES string of the molecule is CCn1c(Sc2ccc3nnnn3n2)nnc1-c1ccncc1. The molecule has 0 aliphatic rings. The van der Waals surface area contributed by atoms with Crippen molar-refractivity contribution in [3.63, 3.8) is 0 Å². The Labute approximate surface area is 134 Å². The van der Waals surface area contributed by atoms with Gasteiger partial charge in [-0.15, -0.1) is 25.0 Å². The van der Waals surface area contributed by atoms with Gasteiger partial charge in [-0.05, 0) is 53.4 Å². The molecular weight excluding hydrogens is 314 g/mol. The normalized spacial score (nSPS) is 11.2. The molecule has 0 saturated heterocycles. The zero-order valence-electron chi connectivity index (χ0n) is 12.1. The van der Waals surface area contributed by atoms with Crippen molar-refractivity contribution in [3.8, 4) is 11.4 Å². The number of pyridine rings is 1. The molecule has 4 rings (SSSR count). The molecule has 0 atom stereocenters. The fraction of sp³-hybridized carbons (Fsp3) is 0.154. The van der Waals surface area contributed by atoms with Crippen LogP contribution in [0.5, 0.6) is 0 Å². The summed E-state index contributed by atoms with van der Waals surface area (Å²) in [4.78, 5) is 4.03. The van der Waals surface area contributed by atoms with E-state index >= 15 is 0 Å². The largest absolute Gasteiger partial charge is 0.302 e. The first kappa shape index (κ1) is 13.8. The molecule has 0 aliphatic heterocycles. The van der Waals surface area contributed by atoms with E-state index in [-0.39, 0.29) is 0 Å². The zero-order valence-corrected chi connectivity index (χ0v) is 12.9. The number of hydrogen-bond acceptors (Lipinski definition) is 8. The summed E-state index contributed by atoms with van der Waals surface area (Å²) >= 11 is 1.42. The highest BCUT2D eigenvalue weighted by atomic mass is 32.2. The first-order chi connectivity index (χ1) is 11.3. The Morgan fingerprint density at radius 1 is 1.04 bits per heavy atom. The van der Waals surface area contributed by atoms with Gasteiger partial charge in [0.05, 0.1) is 0 Å². The molecule has 0 unspecified atom stereocenters. The average Bonchev–Trinajstić information content (AvgIpc) is 3.21. The van der Waals surface area contributed by atoms with Crippen LogP contribution in [-0.4, -0.2) is 45.0 Å². The van der Waals surface area contributed by atoms with Crippen LogP contribution in [0.25, 0.3) is 17.0 Å². The van der Waals surface area contributed by atoms with Crippen molar-refractivity contribution < 1.29 is 0 Å². The number of fused-ring (bicyclic) bond motifs is 1. The maximum absolute atomic E-state index is 4.34. The summed E-state index contributed by atoms with van der Waals surface area (Å²) in [6.45, 7) is 2.80. The van der Waals surface area contributed by atoms with E-state index in [0.29, 0.717) is 5.65 Å². The van der Waals surface area contributed by atoms with Crippen molar-refractivity contribution in [2.75, 3.05) is 0 Å². The summed E-state index contributed by atoms with van der Waals surface area (Å²) in [5, 5.41) is 25.6. The molecule has 23 heavy (non-hydrogen) atoms. The molecule has 0 aliphatic carbocycles. The molecular formula is C13H11N9S. The highest BCUT2D eigenvalue weighted by molar-refractivity contribution is 7.99. The first-order valence-electron chi connectivity index (χ1n) is 6.92. The molecule has 0 N–H and O–H groups in total. The number of nitrogens with zero attached hydrogens (tertiary/aromatic N) is 9. The molecule has 0 spiro atoms. The number of aromatic nitrogens is 9. The lowest BCUT2D eigenvalue weighted by atomic mass is 10.2. The van der Waals surface area contributed by atoms with Gasteiger partial charge in [0.15, 0.2) is 16.6 Å². The Kier molecular flexibility index (Phi) is 3.42. The molecule has 9 nitrogen and oxygen atoms in total. The van der Waals surface area contributed by atoms with Crippen LogP contribution >= 0.6 is 11.8 Å². The quantitative estimate of drug-likeness (QED) is 0.554. The van der Waals surface area contributed by atoms with Gasteiger partial charge in [-0.25, -0.2) is 0 Å². The predicted octanol–water partition coefficient (Wildman–Crippen LogP) is 1.34. The highest BCUT2D eigenvalue weighted by Gasteiger charge is 2.14. The summed E-state index contributed by atoms with van der Waals surface area (Å²) in [7, 11) is 0. The van der Waals surface area contributed by atoms with Gasteiger partial charge >= 0.3 is 0 Å². The van der Waals surface area contributed by atoms with E-state index in [0.717, 1.165) is 28.1 Å². The van der Waals surface area contributed by atoms with E-state index in [1.807, 2.05) is 28.8 Å². The summed E-state index contributed by atoms with van der Waals surface area (Å²) in [6.07, 6.45) is 3.48. The van der Waals surface area contributed by atoms with Gasteiger partial charge in [-0.1, -0.05) is 0 Å². The summed E-state index contributed by atoms with van der Waals surface area (Å²) in [5.41, 5.74) is 1.58. The topological polar surface area (TPSA) is 99.6 Å². The van der Waals surface area contributed by atoms with E-state index in [1.54, 1.807) is 12.4 Å². The van der Waals surface area contributed by atoms with Gasteiger partial charge in [0.25, 0.3) is 0 Å². The Balaban J connectivity index is 1.70. The number of tetrazole rings is 1. The van der Waals surface area contributed by atoms with Gasteiger partial charge in [0.1, 0.15) is 5.03 Å². The molecule has 4 aromatic heterocycles. The van der Waals surface area contributed by atoms with E-state index in [2.05, 4.69) is 42.7 Å². The van der Waals surface area contributed by atoms with Crippen molar-refractivity contribution in [2.24, 2.45) is 0 Å². The smallest absolute Gasteiger partial charge is 0.200 e. The van der Waals surface area contributed by atoms with Gasteiger partial charge in [-0.2, -0.15) is 0 Å². The summed E-state index contributed by atoms with van der Waals surface area (Å²) < 4.78 is 3.42. The molecule has 0 fully saturated rings. The van der Waals surface area contributed by atoms with E-state index in [4.69, 9.17) is 0 Å². The lowest BCUT2D eigenvalue weighted by molar-refractivity contribution is 0.679. The molecule has 0 radical (unpaired) electrons. The van der Waals surface area contributed by atoms with Crippen LogP contribution in [0.4, 0.5) is 0 Å². The monoisotopic (exact) mass is 325 g/mol. The van der Waals surface area contributed by atoms with Crippen LogP contribution in [0.2, 0.25) is 0 Å². The van der Waals surface area contributed by atoms with Gasteiger partial charge in [-0.3, -0.25) is 4.98 Å². The van der Waals surface area contributed by atoms with E-state index < -0.39 is 0 Å². The molecule has 114 valence electrons. The number of hydrogen-bond donors (Lipinski definition) is 0. The Hall–Kier alpha value is -2.88. The third-order valence-corrected chi connectivity index (χ3v) is 4.12. The molecule has 10 heteroatoms. The second kappa shape index (κ2) is 5.72. The van der Waals surface area contributed by atoms with Crippen LogP contribution in [-0.2, 0) is 6.54 Å². The van der Waals surface area contributed by atoms with Gasteiger partial charge < -0.3 is 4.57 Å². The zero-order chi connectivity index (χ0) is 15.6. The second-order valence-corrected chi connectivity index (χ2v) is 5.57. The van der Waals surface area contributed by atoms with Crippen LogP contribution in [0, 0.1) is 0 Å². The van der Waals surface area contributed by atoms with E-state index in [1.165, 1.54) is 16.4 Å². The maximum Gasteiger partial charge on any atom is 0.200 e. The van der Waals surface area contributed by atoms with Gasteiger partial charge in [0.2, 0.25) is 0 Å². The van der Waals surface area contributed by atoms with Crippen molar-refractivity contribution in [2.45, 2.75) is 23.7 Å². The predicted molar refractivity (Wildman–Crippen MR) is 81.6 cm³/mol. The van der Waals surface area contributed by atoms with Crippen LogP contribution in [0.15, 0.2) is 46.8 Å². The molecule has 0 bridgehead atoms. The molecule has 0 saturated carbocycles. The van der Waals surface area contributed by atoms with Gasteiger partial charge in [0, 0.05) is 24.5 Å². The van der Waals surface area contributed by atoms with E-state index in [9.17, 15) is 0 Å². The Morgan fingerprint density at radius 2 is 1.91 bits per heavy atom. The second-order valence-electron chi connectivity index (χ2n) is 4.59. The molecule has 4 aromatic rings. The molecule has 4 heterocycles. The first-order valence-corrected chi connectivity index (χ1v) is 7.73. The van der Waals surface area contributed by atoms with Crippen molar-refractivity contribution in [1.29, 1.82) is 0 Å². The third kappa shape index (κ3) is 2.52. The standard InChI is InChI=1S/C13H11N9S/c1-2-21-12(9-5-7-14-8-6-9)16-17-13(21)23-11-4-3-10-15-19-20-22(10)18-11/h3-8H,2H2,1H3. The maximum atomic E-state index is 4.34. The van der Waals surface area contributed by atoms with Crippen LogP contribution < -0.4 is 0 Å². The molecule has 0 aromatic carbocycles. The average molecular weight is 325 g/mol. The lowest BCUT2D eigenvalue weighted by Crippen LogP contribution is -2.01. The minimum absolute atomic E-state index is 0.601. The van der Waals surface area contributed by atoms with Crippen molar-refractivity contribution >= 4 is 17.4 Å².